The first-order valence-electron chi connectivity index (χ1n) is 6.71. The molecule has 0 saturated carbocycles. The van der Waals surface area contributed by atoms with Crippen molar-refractivity contribution in [3.8, 4) is 0 Å². The number of alkyl halides is 3. The largest absolute Gasteiger partial charge is 0.401 e. The lowest BCUT2D eigenvalue weighted by molar-refractivity contribution is -0.142. The molecule has 0 unspecified atom stereocenters. The van der Waals surface area contributed by atoms with E-state index in [4.69, 9.17) is 0 Å². The van der Waals surface area contributed by atoms with Crippen LogP contribution in [0.15, 0.2) is 4.99 Å². The molecule has 1 aliphatic heterocycles. The highest BCUT2D eigenvalue weighted by atomic mass is 127. The normalized spacial score (nSPS) is 16.5. The molecule has 1 N–H and O–H groups in total. The van der Waals surface area contributed by atoms with E-state index < -0.39 is 12.7 Å². The average Bonchev–Trinajstić information content (AvgIpc) is 2.78. The van der Waals surface area contributed by atoms with Gasteiger partial charge in [0.2, 0.25) is 0 Å². The summed E-state index contributed by atoms with van der Waals surface area (Å²) in [6.45, 7) is 4.51. The number of guanidine groups is 1. The predicted molar refractivity (Wildman–Crippen MR) is 85.8 cm³/mol. The zero-order valence-corrected chi connectivity index (χ0v) is 14.4. The molecule has 0 aliphatic carbocycles. The summed E-state index contributed by atoms with van der Waals surface area (Å²) in [6, 6.07) is 0. The second-order valence-electron chi connectivity index (χ2n) is 4.78. The molecule has 0 radical (unpaired) electrons. The Morgan fingerprint density at radius 1 is 1.30 bits per heavy atom. The second kappa shape index (κ2) is 9.64. The molecule has 0 aromatic heterocycles. The van der Waals surface area contributed by atoms with Crippen LogP contribution in [0.5, 0.6) is 0 Å². The van der Waals surface area contributed by atoms with Gasteiger partial charge in [0.25, 0.3) is 0 Å². The molecule has 0 atom stereocenters. The second-order valence-corrected chi connectivity index (χ2v) is 4.78. The van der Waals surface area contributed by atoms with Crippen molar-refractivity contribution < 1.29 is 13.2 Å². The molecule has 1 fully saturated rings. The van der Waals surface area contributed by atoms with Crippen LogP contribution in [-0.4, -0.2) is 68.3 Å². The van der Waals surface area contributed by atoms with E-state index in [1.54, 1.807) is 0 Å². The van der Waals surface area contributed by atoms with Gasteiger partial charge >= 0.3 is 6.18 Å². The van der Waals surface area contributed by atoms with E-state index >= 15 is 0 Å². The maximum atomic E-state index is 12.2. The van der Waals surface area contributed by atoms with Gasteiger partial charge in [0.15, 0.2) is 5.96 Å². The molecule has 20 heavy (non-hydrogen) atoms. The van der Waals surface area contributed by atoms with Crippen LogP contribution in [-0.2, 0) is 0 Å². The van der Waals surface area contributed by atoms with E-state index in [9.17, 15) is 13.2 Å². The molecule has 4 nitrogen and oxygen atoms in total. The highest BCUT2D eigenvalue weighted by molar-refractivity contribution is 14.0. The molecule has 0 aromatic rings. The molecule has 1 aliphatic rings. The van der Waals surface area contributed by atoms with Crippen LogP contribution < -0.4 is 5.32 Å². The summed E-state index contributed by atoms with van der Waals surface area (Å²) >= 11 is 0. The molecule has 8 heteroatoms. The minimum Gasteiger partial charge on any atom is -0.357 e. The monoisotopic (exact) mass is 408 g/mol. The number of hydrogen-bond acceptors (Lipinski definition) is 2. The van der Waals surface area contributed by atoms with E-state index in [2.05, 4.69) is 15.2 Å². The lowest BCUT2D eigenvalue weighted by atomic mass is 10.4. The number of aliphatic imine (C=N–C) groups is 1. The zero-order chi connectivity index (χ0) is 14.3. The van der Waals surface area contributed by atoms with E-state index in [0.29, 0.717) is 13.1 Å². The SMILES string of the molecule is CCNC(=NCCN(C)CC(F)(F)F)N1CCCC1.I. The summed E-state index contributed by atoms with van der Waals surface area (Å²) in [7, 11) is 1.46. The Kier molecular flexibility index (Phi) is 9.52. The lowest BCUT2D eigenvalue weighted by Crippen LogP contribution is -2.40. The Hall–Kier alpha value is -0.250. The standard InChI is InChI=1S/C12H23F3N4.HI/c1-3-16-11(19-7-4-5-8-19)17-6-9-18(2)10-12(13,14)15;/h3-10H2,1-2H3,(H,16,17);1H. The van der Waals surface area contributed by atoms with E-state index in [1.165, 1.54) is 11.9 Å². The molecule has 0 amide bonds. The summed E-state index contributed by atoms with van der Waals surface area (Å²) in [6.07, 6.45) is -1.84. The van der Waals surface area contributed by atoms with Gasteiger partial charge in [-0.05, 0) is 26.8 Å². The van der Waals surface area contributed by atoms with Gasteiger partial charge in [-0.15, -0.1) is 24.0 Å². The van der Waals surface area contributed by atoms with Gasteiger partial charge in [0, 0.05) is 26.2 Å². The van der Waals surface area contributed by atoms with Gasteiger partial charge in [-0.2, -0.15) is 13.2 Å². The zero-order valence-electron chi connectivity index (χ0n) is 12.0. The topological polar surface area (TPSA) is 30.9 Å². The number of nitrogens with one attached hydrogen (secondary N) is 1. The van der Waals surface area contributed by atoms with Crippen molar-refractivity contribution in [3.05, 3.63) is 0 Å². The minimum atomic E-state index is -4.14. The van der Waals surface area contributed by atoms with Gasteiger partial charge in [0.1, 0.15) is 0 Å². The molecular formula is C12H24F3IN4. The average molecular weight is 408 g/mol. The highest BCUT2D eigenvalue weighted by Crippen LogP contribution is 2.15. The summed E-state index contributed by atoms with van der Waals surface area (Å²) in [5, 5.41) is 3.18. The fourth-order valence-corrected chi connectivity index (χ4v) is 2.07. The summed E-state index contributed by atoms with van der Waals surface area (Å²) in [5.74, 6) is 0.820. The number of likely N-dealkylation sites (tertiary alicyclic amines) is 1. The van der Waals surface area contributed by atoms with Crippen molar-refractivity contribution in [1.29, 1.82) is 0 Å². The minimum absolute atomic E-state index is 0. The van der Waals surface area contributed by atoms with Gasteiger partial charge < -0.3 is 10.2 Å². The van der Waals surface area contributed by atoms with Crippen LogP contribution in [0.3, 0.4) is 0 Å². The van der Waals surface area contributed by atoms with Crippen LogP contribution in [0.1, 0.15) is 19.8 Å². The third kappa shape index (κ3) is 8.13. The van der Waals surface area contributed by atoms with Crippen molar-refractivity contribution in [3.63, 3.8) is 0 Å². The first-order chi connectivity index (χ1) is 8.92. The van der Waals surface area contributed by atoms with Crippen molar-refractivity contribution in [2.24, 2.45) is 4.99 Å². The predicted octanol–water partition coefficient (Wildman–Crippen LogP) is 2.16. The fraction of sp³-hybridized carbons (Fsp3) is 0.917. The van der Waals surface area contributed by atoms with Crippen LogP contribution in [0.25, 0.3) is 0 Å². The third-order valence-electron chi connectivity index (χ3n) is 2.93. The maximum absolute atomic E-state index is 12.2. The smallest absolute Gasteiger partial charge is 0.357 e. The molecular weight excluding hydrogens is 384 g/mol. The summed E-state index contributed by atoms with van der Waals surface area (Å²) < 4.78 is 36.5. The Labute approximate surface area is 135 Å². The first-order valence-corrected chi connectivity index (χ1v) is 6.71. The number of rotatable bonds is 5. The number of hydrogen-bond donors (Lipinski definition) is 1. The number of likely N-dealkylation sites (N-methyl/N-ethyl adjacent to an activating group) is 1. The molecule has 120 valence electrons. The van der Waals surface area contributed by atoms with Crippen molar-refractivity contribution in [2.75, 3.05) is 46.3 Å². The van der Waals surface area contributed by atoms with Crippen LogP contribution in [0, 0.1) is 0 Å². The van der Waals surface area contributed by atoms with E-state index in [1.807, 2.05) is 6.92 Å². The number of halogens is 4. The molecule has 0 bridgehead atoms. The lowest BCUT2D eigenvalue weighted by Gasteiger charge is -2.22. The highest BCUT2D eigenvalue weighted by Gasteiger charge is 2.28. The van der Waals surface area contributed by atoms with Gasteiger partial charge in [-0.1, -0.05) is 0 Å². The van der Waals surface area contributed by atoms with Crippen LogP contribution >= 0.6 is 24.0 Å². The quantitative estimate of drug-likeness (QED) is 0.430. The van der Waals surface area contributed by atoms with Gasteiger partial charge in [-0.3, -0.25) is 9.89 Å². The summed E-state index contributed by atoms with van der Waals surface area (Å²) in [4.78, 5) is 7.79. The molecule has 1 saturated heterocycles. The molecule has 0 aromatic carbocycles. The summed E-state index contributed by atoms with van der Waals surface area (Å²) in [5.41, 5.74) is 0. The Balaban J connectivity index is 0.00000361. The van der Waals surface area contributed by atoms with Crippen molar-refractivity contribution in [2.45, 2.75) is 25.9 Å². The fourth-order valence-electron chi connectivity index (χ4n) is 2.07. The Morgan fingerprint density at radius 3 is 2.40 bits per heavy atom. The van der Waals surface area contributed by atoms with Crippen molar-refractivity contribution >= 4 is 29.9 Å². The van der Waals surface area contributed by atoms with Crippen LogP contribution in [0.2, 0.25) is 0 Å². The van der Waals surface area contributed by atoms with Crippen molar-refractivity contribution in [1.82, 2.24) is 15.1 Å². The number of nitrogens with zero attached hydrogens (tertiary/aromatic N) is 3. The third-order valence-corrected chi connectivity index (χ3v) is 2.93. The van der Waals surface area contributed by atoms with Gasteiger partial charge in [-0.25, -0.2) is 0 Å². The Bertz CT molecular complexity index is 291. The molecule has 0 spiro atoms. The molecule has 1 rings (SSSR count). The molecule has 1 heterocycles. The Morgan fingerprint density at radius 2 is 1.90 bits per heavy atom. The van der Waals surface area contributed by atoms with Gasteiger partial charge in [0.05, 0.1) is 13.1 Å². The van der Waals surface area contributed by atoms with E-state index in [-0.39, 0.29) is 24.0 Å². The maximum Gasteiger partial charge on any atom is 0.401 e. The van der Waals surface area contributed by atoms with Crippen LogP contribution in [0.4, 0.5) is 13.2 Å². The first kappa shape index (κ1) is 19.8. The van der Waals surface area contributed by atoms with E-state index in [0.717, 1.165) is 38.4 Å².